The highest BCUT2D eigenvalue weighted by atomic mass is 16.7. The number of carbonyl (C=O) groups is 1. The molecule has 1 aromatic carbocycles. The van der Waals surface area contributed by atoms with Gasteiger partial charge in [-0.25, -0.2) is 0 Å². The molecule has 1 saturated heterocycles. The Kier molecular flexibility index (Phi) is 3.60. The molecule has 1 atom stereocenters. The Hall–Kier alpha value is -2.01. The highest BCUT2D eigenvalue weighted by molar-refractivity contribution is 5.97. The zero-order chi connectivity index (χ0) is 13.9. The molecule has 2 N–H and O–H groups in total. The first kappa shape index (κ1) is 13.0. The van der Waals surface area contributed by atoms with Crippen LogP contribution >= 0.6 is 0 Å². The molecule has 1 aliphatic rings. The summed E-state index contributed by atoms with van der Waals surface area (Å²) in [6.07, 6.45) is 3.34. The average Bonchev–Trinajstić information content (AvgIpc) is 2.85. The second-order valence-electron chi connectivity index (χ2n) is 5.03. The predicted octanol–water partition coefficient (Wildman–Crippen LogP) is 1.74. The van der Waals surface area contributed by atoms with E-state index in [1.54, 1.807) is 6.07 Å². The largest absolute Gasteiger partial charge is 0.410 e. The summed E-state index contributed by atoms with van der Waals surface area (Å²) in [6.45, 7) is 1.21. The quantitative estimate of drug-likeness (QED) is 0.923. The summed E-state index contributed by atoms with van der Waals surface area (Å²) in [7, 11) is 0. The van der Waals surface area contributed by atoms with Gasteiger partial charge in [0.25, 0.3) is 5.91 Å². The van der Waals surface area contributed by atoms with E-state index in [9.17, 15) is 4.79 Å². The third-order valence-electron chi connectivity index (χ3n) is 3.58. The number of ether oxygens (including phenoxy) is 1. The predicted molar refractivity (Wildman–Crippen MR) is 75.5 cm³/mol. The van der Waals surface area contributed by atoms with Crippen LogP contribution in [0.5, 0.6) is 0 Å². The van der Waals surface area contributed by atoms with E-state index in [2.05, 4.69) is 0 Å². The molecule has 0 aliphatic carbocycles. The number of primary amides is 1. The summed E-state index contributed by atoms with van der Waals surface area (Å²) in [6, 6.07) is 9.41. The zero-order valence-corrected chi connectivity index (χ0v) is 11.2. The summed E-state index contributed by atoms with van der Waals surface area (Å²) in [5, 5.41) is 0.936. The third kappa shape index (κ3) is 2.49. The van der Waals surface area contributed by atoms with Gasteiger partial charge in [0.1, 0.15) is 12.3 Å². The van der Waals surface area contributed by atoms with Gasteiger partial charge in [0.05, 0.1) is 11.6 Å². The molecule has 1 aliphatic heterocycles. The summed E-state index contributed by atoms with van der Waals surface area (Å²) in [5.41, 5.74) is 6.62. The minimum atomic E-state index is -0.495. The highest BCUT2D eigenvalue weighted by Gasteiger charge is 2.18. The van der Waals surface area contributed by atoms with Gasteiger partial charge in [0.2, 0.25) is 0 Å². The van der Waals surface area contributed by atoms with Crippen LogP contribution < -0.4 is 10.6 Å². The molecule has 106 valence electrons. The lowest BCUT2D eigenvalue weighted by molar-refractivity contribution is -0.0425. The number of carbonyl (C=O) groups excluding carboxylic acids is 1. The second kappa shape index (κ2) is 5.54. The Balaban J connectivity index is 1.84. The molecule has 5 nitrogen and oxygen atoms in total. The van der Waals surface area contributed by atoms with Crippen LogP contribution in [0.2, 0.25) is 0 Å². The number of amides is 1. The van der Waals surface area contributed by atoms with Crippen LogP contribution in [0.25, 0.3) is 10.9 Å². The molecule has 20 heavy (non-hydrogen) atoms. The van der Waals surface area contributed by atoms with Gasteiger partial charge in [-0.05, 0) is 31.4 Å². The first-order valence-corrected chi connectivity index (χ1v) is 6.91. The standard InChI is InChI=1S/C15H18N2O3/c16-15(18)14-9-11-5-1-2-7-13(11)17(14)20-10-12-6-3-4-8-19-12/h1-2,5,7,9,12H,3-4,6,8,10H2,(H2,16,18). The Bertz CT molecular complexity index is 615. The van der Waals surface area contributed by atoms with Crippen LogP contribution in [0.4, 0.5) is 0 Å². The monoisotopic (exact) mass is 274 g/mol. The van der Waals surface area contributed by atoms with E-state index in [0.29, 0.717) is 12.3 Å². The van der Waals surface area contributed by atoms with Crippen molar-refractivity contribution in [3.8, 4) is 0 Å². The van der Waals surface area contributed by atoms with Gasteiger partial charge >= 0.3 is 0 Å². The fraction of sp³-hybridized carbons (Fsp3) is 0.400. The lowest BCUT2D eigenvalue weighted by Crippen LogP contribution is -2.31. The normalized spacial score (nSPS) is 19.1. The van der Waals surface area contributed by atoms with Gasteiger partial charge < -0.3 is 15.3 Å². The molecule has 2 aromatic rings. The Morgan fingerprint density at radius 3 is 3.00 bits per heavy atom. The smallest absolute Gasteiger partial charge is 0.268 e. The van der Waals surface area contributed by atoms with Crippen molar-refractivity contribution in [2.24, 2.45) is 5.73 Å². The molecule has 5 heteroatoms. The topological polar surface area (TPSA) is 66.5 Å². The van der Waals surface area contributed by atoms with Gasteiger partial charge in [-0.2, -0.15) is 4.73 Å². The summed E-state index contributed by atoms with van der Waals surface area (Å²) < 4.78 is 7.16. The molecule has 3 rings (SSSR count). The van der Waals surface area contributed by atoms with E-state index >= 15 is 0 Å². The van der Waals surface area contributed by atoms with Gasteiger partial charge in [-0.15, -0.1) is 0 Å². The van der Waals surface area contributed by atoms with Gasteiger partial charge in [0.15, 0.2) is 0 Å². The summed E-state index contributed by atoms with van der Waals surface area (Å²) >= 11 is 0. The van der Waals surface area contributed by atoms with E-state index < -0.39 is 5.91 Å². The third-order valence-corrected chi connectivity index (χ3v) is 3.58. The fourth-order valence-corrected chi connectivity index (χ4v) is 2.54. The molecule has 1 fully saturated rings. The minimum Gasteiger partial charge on any atom is -0.410 e. The zero-order valence-electron chi connectivity index (χ0n) is 11.2. The molecule has 0 saturated carbocycles. The van der Waals surface area contributed by atoms with Crippen molar-refractivity contribution in [2.75, 3.05) is 13.2 Å². The molecular formula is C15H18N2O3. The van der Waals surface area contributed by atoms with E-state index in [-0.39, 0.29) is 6.10 Å². The molecule has 1 unspecified atom stereocenters. The number of hydrogen-bond acceptors (Lipinski definition) is 3. The number of fused-ring (bicyclic) bond motifs is 1. The van der Waals surface area contributed by atoms with Crippen LogP contribution in [0.1, 0.15) is 29.8 Å². The van der Waals surface area contributed by atoms with Crippen molar-refractivity contribution in [3.63, 3.8) is 0 Å². The van der Waals surface area contributed by atoms with Gasteiger partial charge in [0, 0.05) is 12.0 Å². The van der Waals surface area contributed by atoms with Crippen molar-refractivity contribution in [3.05, 3.63) is 36.0 Å². The van der Waals surface area contributed by atoms with E-state index in [0.717, 1.165) is 36.8 Å². The van der Waals surface area contributed by atoms with Gasteiger partial charge in [-0.1, -0.05) is 18.2 Å². The Morgan fingerprint density at radius 2 is 2.25 bits per heavy atom. The number of rotatable bonds is 4. The Labute approximate surface area is 117 Å². The number of nitrogens with zero attached hydrogens (tertiary/aromatic N) is 1. The minimum absolute atomic E-state index is 0.0886. The first-order chi connectivity index (χ1) is 9.75. The van der Waals surface area contributed by atoms with Crippen LogP contribution in [0, 0.1) is 0 Å². The molecule has 2 heterocycles. The van der Waals surface area contributed by atoms with Crippen molar-refractivity contribution in [1.82, 2.24) is 4.73 Å². The van der Waals surface area contributed by atoms with Crippen molar-refractivity contribution in [2.45, 2.75) is 25.4 Å². The van der Waals surface area contributed by atoms with Crippen LogP contribution in [-0.2, 0) is 4.74 Å². The summed E-state index contributed by atoms with van der Waals surface area (Å²) in [5.74, 6) is -0.495. The molecule has 1 amide bonds. The average molecular weight is 274 g/mol. The molecule has 1 aromatic heterocycles. The van der Waals surface area contributed by atoms with Crippen LogP contribution in [0.15, 0.2) is 30.3 Å². The molecule has 0 bridgehead atoms. The van der Waals surface area contributed by atoms with Crippen LogP contribution in [-0.4, -0.2) is 30.0 Å². The lowest BCUT2D eigenvalue weighted by Gasteiger charge is -2.23. The van der Waals surface area contributed by atoms with E-state index in [1.807, 2.05) is 24.3 Å². The van der Waals surface area contributed by atoms with Crippen molar-refractivity contribution >= 4 is 16.8 Å². The molecular weight excluding hydrogens is 256 g/mol. The number of aromatic nitrogens is 1. The summed E-state index contributed by atoms with van der Waals surface area (Å²) in [4.78, 5) is 17.3. The van der Waals surface area contributed by atoms with Crippen LogP contribution in [0.3, 0.4) is 0 Å². The number of nitrogens with two attached hydrogens (primary N) is 1. The van der Waals surface area contributed by atoms with Gasteiger partial charge in [-0.3, -0.25) is 4.79 Å². The number of para-hydroxylation sites is 1. The maximum Gasteiger partial charge on any atom is 0.268 e. The SMILES string of the molecule is NC(=O)c1cc2ccccc2n1OCC1CCCCO1. The maximum atomic E-state index is 11.5. The number of benzene rings is 1. The van der Waals surface area contributed by atoms with E-state index in [4.69, 9.17) is 15.3 Å². The maximum absolute atomic E-state index is 11.5. The number of hydrogen-bond donors (Lipinski definition) is 1. The van der Waals surface area contributed by atoms with E-state index in [1.165, 1.54) is 4.73 Å². The van der Waals surface area contributed by atoms with Crippen molar-refractivity contribution < 1.29 is 14.4 Å². The first-order valence-electron chi connectivity index (χ1n) is 6.91. The molecule has 0 radical (unpaired) electrons. The molecule has 0 spiro atoms. The Morgan fingerprint density at radius 1 is 1.40 bits per heavy atom. The highest BCUT2D eigenvalue weighted by Crippen LogP contribution is 2.19. The second-order valence-corrected chi connectivity index (χ2v) is 5.03. The fourth-order valence-electron chi connectivity index (χ4n) is 2.54. The lowest BCUT2D eigenvalue weighted by atomic mass is 10.1. The van der Waals surface area contributed by atoms with Crippen molar-refractivity contribution in [1.29, 1.82) is 0 Å².